The molecule has 2 aromatic rings. The number of hydrogen-bond acceptors (Lipinski definition) is 6. The summed E-state index contributed by atoms with van der Waals surface area (Å²) in [4.78, 5) is 17.1. The van der Waals surface area contributed by atoms with Gasteiger partial charge in [0.1, 0.15) is 11.5 Å². The predicted octanol–water partition coefficient (Wildman–Crippen LogP) is 4.49. The number of nitriles is 1. The van der Waals surface area contributed by atoms with Crippen LogP contribution in [0.15, 0.2) is 53.1 Å². The predicted molar refractivity (Wildman–Crippen MR) is 122 cm³/mol. The van der Waals surface area contributed by atoms with Crippen molar-refractivity contribution in [2.45, 2.75) is 25.7 Å². The van der Waals surface area contributed by atoms with Crippen molar-refractivity contribution in [1.82, 2.24) is 4.90 Å². The number of fused-ring (bicyclic) bond motifs is 1. The lowest BCUT2D eigenvalue weighted by Crippen LogP contribution is -2.47. The Kier molecular flexibility index (Phi) is 6.10. The maximum atomic E-state index is 13.2. The van der Waals surface area contributed by atoms with E-state index in [1.54, 1.807) is 19.1 Å². The zero-order chi connectivity index (χ0) is 22.0. The number of allylic oxidation sites excluding steroid dienone is 1. The second-order valence-electron chi connectivity index (χ2n) is 7.49. The first-order valence-corrected chi connectivity index (χ1v) is 11.2. The SMILES string of the molecule is CCc1ccc(N2CSC3=C(C#N)C(c4cc(OC)ccc4OC)CC(=O)N3C2)cc1. The standard InChI is InChI=1S/C24H25N3O3S/c1-4-16-5-7-17(8-6-16)26-14-27-23(28)12-19(21(13-25)24(27)31-15-26)20-11-18(29-2)9-10-22(20)30-3/h5-11,19H,4,12,14-15H2,1-3H3. The second kappa shape index (κ2) is 8.94. The Morgan fingerprint density at radius 1 is 1.16 bits per heavy atom. The van der Waals surface area contributed by atoms with Gasteiger partial charge in [0.15, 0.2) is 0 Å². The number of carbonyl (C=O) groups excluding carboxylic acids is 1. The summed E-state index contributed by atoms with van der Waals surface area (Å²) >= 11 is 1.53. The zero-order valence-corrected chi connectivity index (χ0v) is 18.7. The Bertz CT molecular complexity index is 1060. The average molecular weight is 436 g/mol. The van der Waals surface area contributed by atoms with Crippen molar-refractivity contribution in [2.75, 3.05) is 31.7 Å². The van der Waals surface area contributed by atoms with Crippen LogP contribution >= 0.6 is 11.8 Å². The minimum Gasteiger partial charge on any atom is -0.497 e. The van der Waals surface area contributed by atoms with Crippen molar-refractivity contribution in [3.8, 4) is 17.6 Å². The number of benzene rings is 2. The van der Waals surface area contributed by atoms with Gasteiger partial charge in [0.2, 0.25) is 5.91 Å². The number of hydrogen-bond donors (Lipinski definition) is 0. The molecule has 1 atom stereocenters. The summed E-state index contributed by atoms with van der Waals surface area (Å²) in [6.07, 6.45) is 1.21. The molecule has 0 N–H and O–H groups in total. The Labute approximate surface area is 187 Å². The van der Waals surface area contributed by atoms with Gasteiger partial charge in [-0.2, -0.15) is 5.26 Å². The lowest BCUT2D eigenvalue weighted by molar-refractivity contribution is -0.129. The Morgan fingerprint density at radius 2 is 1.94 bits per heavy atom. The maximum Gasteiger partial charge on any atom is 0.229 e. The van der Waals surface area contributed by atoms with Gasteiger partial charge in [-0.25, -0.2) is 0 Å². The minimum absolute atomic E-state index is 0.00579. The highest BCUT2D eigenvalue weighted by molar-refractivity contribution is 8.03. The van der Waals surface area contributed by atoms with Crippen molar-refractivity contribution in [3.63, 3.8) is 0 Å². The van der Waals surface area contributed by atoms with E-state index in [0.29, 0.717) is 29.6 Å². The van der Waals surface area contributed by atoms with E-state index >= 15 is 0 Å². The highest BCUT2D eigenvalue weighted by Gasteiger charge is 2.39. The first kappa shape index (κ1) is 21.1. The molecule has 1 amide bonds. The third-order valence-corrected chi connectivity index (χ3v) is 6.97. The molecule has 0 saturated carbocycles. The van der Waals surface area contributed by atoms with Gasteiger partial charge in [0.05, 0.1) is 43.4 Å². The van der Waals surface area contributed by atoms with Crippen LogP contribution in [0.3, 0.4) is 0 Å². The first-order valence-electron chi connectivity index (χ1n) is 10.2. The molecule has 4 rings (SSSR count). The van der Waals surface area contributed by atoms with E-state index in [9.17, 15) is 10.1 Å². The van der Waals surface area contributed by atoms with Gasteiger partial charge in [-0.15, -0.1) is 0 Å². The first-order chi connectivity index (χ1) is 15.1. The number of amides is 1. The molecule has 31 heavy (non-hydrogen) atoms. The van der Waals surface area contributed by atoms with Crippen LogP contribution in [-0.2, 0) is 11.2 Å². The van der Waals surface area contributed by atoms with Crippen LogP contribution in [-0.4, -0.2) is 37.6 Å². The van der Waals surface area contributed by atoms with Crippen LogP contribution in [0.4, 0.5) is 5.69 Å². The molecule has 1 fully saturated rings. The van der Waals surface area contributed by atoms with Crippen LogP contribution < -0.4 is 14.4 Å². The van der Waals surface area contributed by atoms with Gasteiger partial charge in [0.25, 0.3) is 0 Å². The van der Waals surface area contributed by atoms with Crippen molar-refractivity contribution in [2.24, 2.45) is 0 Å². The number of rotatable bonds is 5. The number of thioether (sulfide) groups is 1. The molecule has 2 aliphatic heterocycles. The number of nitrogens with zero attached hydrogens (tertiary/aromatic N) is 3. The summed E-state index contributed by atoms with van der Waals surface area (Å²) in [7, 11) is 3.19. The number of methoxy groups -OCH3 is 2. The van der Waals surface area contributed by atoms with Gasteiger partial charge in [-0.3, -0.25) is 9.69 Å². The quantitative estimate of drug-likeness (QED) is 0.690. The monoisotopic (exact) mass is 435 g/mol. The molecule has 0 spiro atoms. The molecular formula is C24H25N3O3S. The average Bonchev–Trinajstić information content (AvgIpc) is 2.83. The lowest BCUT2D eigenvalue weighted by atomic mass is 9.86. The smallest absolute Gasteiger partial charge is 0.229 e. The molecule has 0 aliphatic carbocycles. The fourth-order valence-corrected chi connectivity index (χ4v) is 5.21. The van der Waals surface area contributed by atoms with E-state index in [1.165, 1.54) is 17.3 Å². The maximum absolute atomic E-state index is 13.2. The number of carbonyl (C=O) groups is 1. The fraction of sp³-hybridized carbons (Fsp3) is 0.333. The van der Waals surface area contributed by atoms with Gasteiger partial charge in [-0.05, 0) is 42.3 Å². The van der Waals surface area contributed by atoms with Gasteiger partial charge in [-0.1, -0.05) is 30.8 Å². The summed E-state index contributed by atoms with van der Waals surface area (Å²) in [6.45, 7) is 2.58. The summed E-state index contributed by atoms with van der Waals surface area (Å²) < 4.78 is 10.9. The van der Waals surface area contributed by atoms with E-state index in [2.05, 4.69) is 42.2 Å². The number of ether oxygens (including phenoxy) is 2. The summed E-state index contributed by atoms with van der Waals surface area (Å²) in [6, 6.07) is 16.3. The fourth-order valence-electron chi connectivity index (χ4n) is 4.05. The van der Waals surface area contributed by atoms with Crippen molar-refractivity contribution in [1.29, 1.82) is 5.26 Å². The van der Waals surface area contributed by atoms with E-state index in [4.69, 9.17) is 9.47 Å². The van der Waals surface area contributed by atoms with Crippen molar-refractivity contribution < 1.29 is 14.3 Å². The minimum atomic E-state index is -0.350. The highest BCUT2D eigenvalue weighted by atomic mass is 32.2. The zero-order valence-electron chi connectivity index (χ0n) is 17.9. The third kappa shape index (κ3) is 3.96. The molecule has 0 radical (unpaired) electrons. The molecule has 7 heteroatoms. The molecule has 2 aliphatic rings. The van der Waals surface area contributed by atoms with Crippen molar-refractivity contribution >= 4 is 23.4 Å². The third-order valence-electron chi connectivity index (χ3n) is 5.82. The van der Waals surface area contributed by atoms with Crippen LogP contribution in [0, 0.1) is 11.3 Å². The van der Waals surface area contributed by atoms with E-state index < -0.39 is 0 Å². The lowest BCUT2D eigenvalue weighted by Gasteiger charge is -2.42. The molecule has 0 bridgehead atoms. The summed E-state index contributed by atoms with van der Waals surface area (Å²) in [5.74, 6) is 1.66. The highest BCUT2D eigenvalue weighted by Crippen LogP contribution is 2.46. The molecule has 6 nitrogen and oxygen atoms in total. The molecular weight excluding hydrogens is 410 g/mol. The molecule has 160 valence electrons. The van der Waals surface area contributed by atoms with Crippen molar-refractivity contribution in [3.05, 3.63) is 64.2 Å². The van der Waals surface area contributed by atoms with Crippen LogP contribution in [0.5, 0.6) is 11.5 Å². The topological polar surface area (TPSA) is 65.8 Å². The second-order valence-corrected chi connectivity index (χ2v) is 8.43. The Hall–Kier alpha value is -3.11. The van der Waals surface area contributed by atoms with E-state index in [-0.39, 0.29) is 18.2 Å². The largest absolute Gasteiger partial charge is 0.497 e. The van der Waals surface area contributed by atoms with Crippen LogP contribution in [0.2, 0.25) is 0 Å². The normalized spacial score (nSPS) is 18.5. The van der Waals surface area contributed by atoms with Gasteiger partial charge in [0, 0.05) is 23.6 Å². The van der Waals surface area contributed by atoms with Gasteiger partial charge >= 0.3 is 0 Å². The van der Waals surface area contributed by atoms with Crippen LogP contribution in [0.25, 0.3) is 0 Å². The van der Waals surface area contributed by atoms with E-state index in [1.807, 2.05) is 18.2 Å². The molecule has 0 aromatic heterocycles. The molecule has 1 unspecified atom stereocenters. The van der Waals surface area contributed by atoms with Crippen LogP contribution in [0.1, 0.15) is 30.4 Å². The Morgan fingerprint density at radius 3 is 2.58 bits per heavy atom. The molecule has 2 heterocycles. The summed E-state index contributed by atoms with van der Waals surface area (Å²) in [5.41, 5.74) is 3.77. The van der Waals surface area contributed by atoms with Gasteiger partial charge < -0.3 is 14.4 Å². The molecule has 1 saturated heterocycles. The number of aryl methyl sites for hydroxylation is 1. The van der Waals surface area contributed by atoms with E-state index in [0.717, 1.165) is 22.7 Å². The molecule has 2 aromatic carbocycles. The number of anilines is 1. The Balaban J connectivity index is 1.67. The summed E-state index contributed by atoms with van der Waals surface area (Å²) in [5, 5.41) is 10.8.